The lowest BCUT2D eigenvalue weighted by Crippen LogP contribution is -2.61. The smallest absolute Gasteiger partial charge is 0.253 e. The van der Waals surface area contributed by atoms with Crippen molar-refractivity contribution in [2.45, 2.75) is 0 Å². The van der Waals surface area contributed by atoms with Gasteiger partial charge < -0.3 is 9.80 Å². The van der Waals surface area contributed by atoms with Crippen LogP contribution >= 0.6 is 0 Å². The average molecular weight is 1030 g/mol. The summed E-state index contributed by atoms with van der Waals surface area (Å²) in [5.41, 5.74) is 23.3. The van der Waals surface area contributed by atoms with E-state index in [4.69, 9.17) is 9.97 Å². The van der Waals surface area contributed by atoms with Gasteiger partial charge in [0.05, 0.1) is 11.2 Å². The first-order chi connectivity index (χ1) is 40.2. The van der Waals surface area contributed by atoms with Gasteiger partial charge in [0.15, 0.2) is 5.82 Å². The normalized spacial score (nSPS) is 12.4. The van der Waals surface area contributed by atoms with Gasteiger partial charge in [-0.15, -0.1) is 0 Å². The van der Waals surface area contributed by atoms with Crippen LogP contribution in [0.5, 0.6) is 0 Å². The van der Waals surface area contributed by atoms with Crippen LogP contribution in [0.1, 0.15) is 0 Å². The molecule has 3 heterocycles. The minimum atomic E-state index is -0.183. The van der Waals surface area contributed by atoms with Crippen LogP contribution < -0.4 is 26.2 Å². The highest BCUT2D eigenvalue weighted by Crippen LogP contribution is 2.50. The summed E-state index contributed by atoms with van der Waals surface area (Å²) in [5, 5.41) is 5.85. The third-order valence-corrected chi connectivity index (χ3v) is 16.6. The molecule has 81 heavy (non-hydrogen) atoms. The molecule has 0 saturated carbocycles. The van der Waals surface area contributed by atoms with E-state index in [1.54, 1.807) is 0 Å². The number of benzene rings is 13. The Labute approximate surface area is 471 Å². The maximum Gasteiger partial charge on any atom is 0.253 e. The highest BCUT2D eigenvalue weighted by molar-refractivity contribution is 7.03. The van der Waals surface area contributed by atoms with Crippen LogP contribution in [-0.4, -0.2) is 16.7 Å². The molecule has 0 atom stereocenters. The van der Waals surface area contributed by atoms with Crippen LogP contribution in [0.2, 0.25) is 0 Å². The van der Waals surface area contributed by atoms with E-state index in [2.05, 4.69) is 301 Å². The van der Waals surface area contributed by atoms with Crippen LogP contribution in [0.4, 0.5) is 34.1 Å². The fourth-order valence-electron chi connectivity index (χ4n) is 12.9. The van der Waals surface area contributed by atoms with Crippen LogP contribution in [0.3, 0.4) is 0 Å². The summed E-state index contributed by atoms with van der Waals surface area (Å²) < 4.78 is 0. The zero-order valence-electron chi connectivity index (χ0n) is 44.2. The molecule has 0 bridgehead atoms. The molecule has 4 nitrogen and oxygen atoms in total. The molecule has 0 radical (unpaired) electrons. The Bertz CT molecular complexity index is 4410. The molecule has 0 fully saturated rings. The fraction of sp³-hybridized carbons (Fsp3) is 0. The number of fused-ring (bicyclic) bond motifs is 9. The maximum absolute atomic E-state index is 5.64. The van der Waals surface area contributed by atoms with E-state index in [1.165, 1.54) is 37.9 Å². The lowest BCUT2D eigenvalue weighted by molar-refractivity contribution is 1.22. The van der Waals surface area contributed by atoms with Crippen molar-refractivity contribution in [2.24, 2.45) is 0 Å². The Hall–Kier alpha value is -10.6. The average Bonchev–Trinajstić information content (AvgIpc) is 3.72. The van der Waals surface area contributed by atoms with E-state index in [9.17, 15) is 0 Å². The molecule has 0 unspecified atom stereocenters. The summed E-state index contributed by atoms with van der Waals surface area (Å²) in [5.74, 6) is 0.682. The van der Waals surface area contributed by atoms with E-state index < -0.39 is 0 Å². The number of anilines is 6. The molecule has 2 aliphatic heterocycles. The van der Waals surface area contributed by atoms with Crippen molar-refractivity contribution < 1.29 is 0 Å². The van der Waals surface area contributed by atoms with Gasteiger partial charge in [0.25, 0.3) is 6.71 Å². The van der Waals surface area contributed by atoms with Crippen LogP contribution in [0.15, 0.2) is 297 Å². The largest absolute Gasteiger partial charge is 0.311 e. The van der Waals surface area contributed by atoms with Crippen molar-refractivity contribution in [2.75, 3.05) is 9.80 Å². The highest BCUT2D eigenvalue weighted by atomic mass is 15.2. The van der Waals surface area contributed by atoms with Gasteiger partial charge in [-0.2, -0.15) is 0 Å². The van der Waals surface area contributed by atoms with E-state index in [-0.39, 0.29) is 6.71 Å². The SMILES string of the molecule is c1ccc(-c2cc(-c3ccccc3)cc(N3c4cc(-c5nc(-c6ccccc6)nc6ccccc56)cc5c4B(c4c3ccc3ccccc43)c3c(ccc4ccccc34)N5c3cc(-c4ccccc4)cc(-c4ccccc4)c3)c2)cc1. The molecule has 0 amide bonds. The molecule has 0 saturated heterocycles. The third kappa shape index (κ3) is 7.85. The van der Waals surface area contributed by atoms with Crippen molar-refractivity contribution in [3.8, 4) is 67.2 Å². The number of para-hydroxylation sites is 1. The topological polar surface area (TPSA) is 32.3 Å². The van der Waals surface area contributed by atoms with Crippen LogP contribution in [-0.2, 0) is 0 Å². The molecule has 2 aliphatic rings. The number of nitrogens with zero attached hydrogens (tertiary/aromatic N) is 4. The fourth-order valence-corrected chi connectivity index (χ4v) is 12.9. The van der Waals surface area contributed by atoms with Crippen molar-refractivity contribution in [3.05, 3.63) is 297 Å². The second-order valence-electron chi connectivity index (χ2n) is 21.3. The van der Waals surface area contributed by atoms with E-state index in [0.717, 1.165) is 106 Å². The molecule has 13 aromatic carbocycles. The Morgan fingerprint density at radius 3 is 1.05 bits per heavy atom. The first kappa shape index (κ1) is 46.5. The van der Waals surface area contributed by atoms with Crippen molar-refractivity contribution in [1.29, 1.82) is 0 Å². The number of hydrogen-bond acceptors (Lipinski definition) is 4. The predicted molar refractivity (Wildman–Crippen MR) is 341 cm³/mol. The molecule has 16 rings (SSSR count). The molecule has 0 N–H and O–H groups in total. The highest BCUT2D eigenvalue weighted by Gasteiger charge is 2.45. The standard InChI is InChI=1S/C76H49BN4/c1-6-22-50(23-7-1)57-42-58(51-24-8-2-9-25-51)45-62(44-57)80-68-40-38-54-30-16-18-34-64(54)72(68)77-73-65-35-19-17-31-55(65)39-41-69(73)81(63-46-59(52-26-10-3-11-27-52)43-60(47-63)53-28-12-4-13-29-53)71-49-61(48-70(80)74(71)77)75-66-36-20-21-37-67(66)78-76(79-75)56-32-14-5-15-33-56/h1-49H. The van der Waals surface area contributed by atoms with Gasteiger partial charge in [-0.1, -0.05) is 231 Å². The minimum absolute atomic E-state index is 0.183. The first-order valence-corrected chi connectivity index (χ1v) is 27.8. The third-order valence-electron chi connectivity index (χ3n) is 16.6. The number of rotatable bonds is 8. The van der Waals surface area contributed by atoms with Gasteiger partial charge in [0.2, 0.25) is 0 Å². The van der Waals surface area contributed by atoms with E-state index in [1.807, 2.05) is 6.07 Å². The quantitative estimate of drug-likeness (QED) is 0.142. The molecule has 5 heteroatoms. The zero-order chi connectivity index (χ0) is 53.4. The van der Waals surface area contributed by atoms with Gasteiger partial charge in [0.1, 0.15) is 0 Å². The Morgan fingerprint density at radius 2 is 0.617 bits per heavy atom. The Balaban J connectivity index is 1.08. The maximum atomic E-state index is 5.64. The van der Waals surface area contributed by atoms with Crippen LogP contribution in [0, 0.1) is 0 Å². The number of hydrogen-bond donors (Lipinski definition) is 0. The zero-order valence-corrected chi connectivity index (χ0v) is 44.2. The molecule has 14 aromatic rings. The van der Waals surface area contributed by atoms with Crippen molar-refractivity contribution in [3.63, 3.8) is 0 Å². The summed E-state index contributed by atoms with van der Waals surface area (Å²) in [4.78, 5) is 16.0. The monoisotopic (exact) mass is 1030 g/mol. The molecular weight excluding hydrogens is 980 g/mol. The van der Waals surface area contributed by atoms with Gasteiger partial charge >= 0.3 is 0 Å². The second kappa shape index (κ2) is 19.1. The summed E-state index contributed by atoms with van der Waals surface area (Å²) in [6, 6.07) is 109. The van der Waals surface area contributed by atoms with E-state index in [0.29, 0.717) is 5.82 Å². The van der Waals surface area contributed by atoms with Gasteiger partial charge in [-0.05, 0) is 149 Å². The van der Waals surface area contributed by atoms with E-state index >= 15 is 0 Å². The Morgan fingerprint density at radius 1 is 0.247 bits per heavy atom. The van der Waals surface area contributed by atoms with Crippen LogP contribution in [0.25, 0.3) is 99.6 Å². The van der Waals surface area contributed by atoms with Crippen molar-refractivity contribution >= 4 is 89.7 Å². The summed E-state index contributed by atoms with van der Waals surface area (Å²) in [6.07, 6.45) is 0. The van der Waals surface area contributed by atoms with Gasteiger partial charge in [-0.25, -0.2) is 9.97 Å². The minimum Gasteiger partial charge on any atom is -0.311 e. The molecule has 1 aromatic heterocycles. The Kier molecular flexibility index (Phi) is 11.0. The lowest BCUT2D eigenvalue weighted by Gasteiger charge is -2.45. The summed E-state index contributed by atoms with van der Waals surface area (Å²) >= 11 is 0. The predicted octanol–water partition coefficient (Wildman–Crippen LogP) is 18.0. The molecular formula is C76H49BN4. The molecule has 0 spiro atoms. The van der Waals surface area contributed by atoms with Crippen molar-refractivity contribution in [1.82, 2.24) is 9.97 Å². The van der Waals surface area contributed by atoms with Gasteiger partial charge in [0, 0.05) is 50.6 Å². The molecule has 0 aliphatic carbocycles. The number of aromatic nitrogens is 2. The lowest BCUT2D eigenvalue weighted by atomic mass is 9.32. The van der Waals surface area contributed by atoms with Gasteiger partial charge in [-0.3, -0.25) is 0 Å². The summed E-state index contributed by atoms with van der Waals surface area (Å²) in [7, 11) is 0. The molecule has 376 valence electrons. The second-order valence-corrected chi connectivity index (χ2v) is 21.3. The summed E-state index contributed by atoms with van der Waals surface area (Å²) in [6.45, 7) is -0.183. The first-order valence-electron chi connectivity index (χ1n) is 27.8.